The Morgan fingerprint density at radius 1 is 1.43 bits per heavy atom. The maximum absolute atomic E-state index is 12.6. The molecule has 1 unspecified atom stereocenters. The lowest BCUT2D eigenvalue weighted by Crippen LogP contribution is -2.48. The van der Waals surface area contributed by atoms with Crippen LogP contribution >= 0.6 is 0 Å². The molecule has 21 heavy (non-hydrogen) atoms. The molecule has 9 heteroatoms. The first-order chi connectivity index (χ1) is 9.97. The Balaban J connectivity index is 1.88. The van der Waals surface area contributed by atoms with E-state index in [1.165, 1.54) is 9.37 Å². The SMILES string of the molecule is CS(=O)(=O)N1Cc2cncn2C(C(=O)N2CCCCO2)C1. The van der Waals surface area contributed by atoms with Crippen LogP contribution in [0.15, 0.2) is 12.5 Å². The van der Waals surface area contributed by atoms with Crippen molar-refractivity contribution in [1.29, 1.82) is 0 Å². The highest BCUT2D eigenvalue weighted by Crippen LogP contribution is 2.25. The van der Waals surface area contributed by atoms with E-state index in [0.29, 0.717) is 18.8 Å². The number of sulfonamides is 1. The molecule has 0 radical (unpaired) electrons. The number of imidazole rings is 1. The van der Waals surface area contributed by atoms with E-state index in [1.54, 1.807) is 17.1 Å². The highest BCUT2D eigenvalue weighted by atomic mass is 32.2. The molecule has 0 saturated carbocycles. The maximum Gasteiger partial charge on any atom is 0.270 e. The number of carbonyl (C=O) groups is 1. The van der Waals surface area contributed by atoms with Crippen LogP contribution in [0.1, 0.15) is 24.6 Å². The highest BCUT2D eigenvalue weighted by molar-refractivity contribution is 7.88. The third-order valence-electron chi connectivity index (χ3n) is 3.80. The zero-order valence-corrected chi connectivity index (χ0v) is 12.6. The van der Waals surface area contributed by atoms with Crippen LogP contribution in [0.25, 0.3) is 0 Å². The van der Waals surface area contributed by atoms with Crippen molar-refractivity contribution in [1.82, 2.24) is 18.9 Å². The van der Waals surface area contributed by atoms with Gasteiger partial charge in [0, 0.05) is 19.3 Å². The van der Waals surface area contributed by atoms with Gasteiger partial charge >= 0.3 is 0 Å². The van der Waals surface area contributed by atoms with Gasteiger partial charge in [0.2, 0.25) is 10.0 Å². The standard InChI is InChI=1S/C12H18N4O4S/c1-21(18,19)14-7-10-6-13-9-15(10)11(8-14)12(17)16-4-2-3-5-20-16/h6,9,11H,2-5,7-8H2,1H3. The normalized spacial score (nSPS) is 23.9. The summed E-state index contributed by atoms with van der Waals surface area (Å²) in [7, 11) is -3.36. The maximum atomic E-state index is 12.6. The molecule has 1 atom stereocenters. The van der Waals surface area contributed by atoms with Crippen molar-refractivity contribution in [3.05, 3.63) is 18.2 Å². The zero-order valence-electron chi connectivity index (χ0n) is 11.8. The van der Waals surface area contributed by atoms with E-state index < -0.39 is 16.1 Å². The molecule has 1 saturated heterocycles. The van der Waals surface area contributed by atoms with Gasteiger partial charge < -0.3 is 4.57 Å². The van der Waals surface area contributed by atoms with Gasteiger partial charge in [-0.2, -0.15) is 4.31 Å². The van der Waals surface area contributed by atoms with Crippen LogP contribution in [0, 0.1) is 0 Å². The number of fused-ring (bicyclic) bond motifs is 1. The van der Waals surface area contributed by atoms with Crippen LogP contribution in [0.5, 0.6) is 0 Å². The average molecular weight is 314 g/mol. The number of aromatic nitrogens is 2. The number of hydroxylamine groups is 2. The molecule has 1 aromatic heterocycles. The van der Waals surface area contributed by atoms with Crippen molar-refractivity contribution in [3.63, 3.8) is 0 Å². The second-order valence-electron chi connectivity index (χ2n) is 5.34. The van der Waals surface area contributed by atoms with Crippen LogP contribution in [0.3, 0.4) is 0 Å². The molecule has 0 spiro atoms. The molecule has 0 N–H and O–H groups in total. The van der Waals surface area contributed by atoms with Crippen molar-refractivity contribution < 1.29 is 18.0 Å². The van der Waals surface area contributed by atoms with E-state index in [4.69, 9.17) is 4.84 Å². The Hall–Kier alpha value is -1.45. The molecule has 2 aliphatic rings. The molecular formula is C12H18N4O4S. The van der Waals surface area contributed by atoms with Crippen molar-refractivity contribution >= 4 is 15.9 Å². The molecule has 1 fully saturated rings. The van der Waals surface area contributed by atoms with Gasteiger partial charge in [-0.15, -0.1) is 0 Å². The van der Waals surface area contributed by atoms with E-state index >= 15 is 0 Å². The number of amides is 1. The van der Waals surface area contributed by atoms with Gasteiger partial charge in [0.15, 0.2) is 0 Å². The summed E-state index contributed by atoms with van der Waals surface area (Å²) in [4.78, 5) is 22.0. The summed E-state index contributed by atoms with van der Waals surface area (Å²) < 4.78 is 26.6. The van der Waals surface area contributed by atoms with Crippen LogP contribution in [-0.2, 0) is 26.2 Å². The van der Waals surface area contributed by atoms with E-state index in [1.807, 2.05) is 0 Å². The van der Waals surface area contributed by atoms with Gasteiger partial charge in [0.05, 0.1) is 31.4 Å². The van der Waals surface area contributed by atoms with Crippen molar-refractivity contribution in [3.8, 4) is 0 Å². The molecule has 3 rings (SSSR count). The highest BCUT2D eigenvalue weighted by Gasteiger charge is 2.36. The third kappa shape index (κ3) is 2.81. The van der Waals surface area contributed by atoms with Crippen LogP contribution in [0.4, 0.5) is 0 Å². The first-order valence-corrected chi connectivity index (χ1v) is 8.72. The Kier molecular flexibility index (Phi) is 3.72. The Morgan fingerprint density at radius 3 is 2.90 bits per heavy atom. The minimum absolute atomic E-state index is 0.112. The molecule has 0 bridgehead atoms. The van der Waals surface area contributed by atoms with Crippen LogP contribution < -0.4 is 0 Å². The minimum atomic E-state index is -3.36. The lowest BCUT2D eigenvalue weighted by atomic mass is 10.2. The lowest BCUT2D eigenvalue weighted by Gasteiger charge is -2.35. The smallest absolute Gasteiger partial charge is 0.270 e. The van der Waals surface area contributed by atoms with Gasteiger partial charge in [-0.05, 0) is 12.8 Å². The topological polar surface area (TPSA) is 84.7 Å². The second-order valence-corrected chi connectivity index (χ2v) is 7.33. The molecule has 116 valence electrons. The Labute approximate surface area is 123 Å². The molecule has 1 amide bonds. The average Bonchev–Trinajstić information content (AvgIpc) is 2.94. The van der Waals surface area contributed by atoms with Gasteiger partial charge in [-0.25, -0.2) is 18.5 Å². The molecule has 0 aliphatic carbocycles. The first kappa shape index (κ1) is 14.5. The number of hydrogen-bond donors (Lipinski definition) is 0. The Morgan fingerprint density at radius 2 is 2.24 bits per heavy atom. The first-order valence-electron chi connectivity index (χ1n) is 6.87. The zero-order chi connectivity index (χ0) is 15.0. The summed E-state index contributed by atoms with van der Waals surface area (Å²) in [5, 5.41) is 1.35. The fourth-order valence-corrected chi connectivity index (χ4v) is 3.43. The van der Waals surface area contributed by atoms with Gasteiger partial charge in [0.25, 0.3) is 5.91 Å². The summed E-state index contributed by atoms with van der Waals surface area (Å²) >= 11 is 0. The second kappa shape index (κ2) is 5.39. The van der Waals surface area contributed by atoms with E-state index in [2.05, 4.69) is 4.98 Å². The summed E-state index contributed by atoms with van der Waals surface area (Å²) in [6, 6.07) is -0.621. The van der Waals surface area contributed by atoms with Gasteiger partial charge in [-0.1, -0.05) is 0 Å². The quantitative estimate of drug-likeness (QED) is 0.752. The molecule has 1 aromatic rings. The third-order valence-corrected chi connectivity index (χ3v) is 5.02. The van der Waals surface area contributed by atoms with Crippen molar-refractivity contribution in [2.75, 3.05) is 26.0 Å². The molecule has 2 aliphatic heterocycles. The number of rotatable bonds is 2. The summed E-state index contributed by atoms with van der Waals surface area (Å²) in [5.41, 5.74) is 0.710. The largest absolute Gasteiger partial charge is 0.319 e. The minimum Gasteiger partial charge on any atom is -0.319 e. The van der Waals surface area contributed by atoms with Gasteiger partial charge in [-0.3, -0.25) is 9.63 Å². The predicted octanol–water partition coefficient (Wildman–Crippen LogP) is -0.247. The summed E-state index contributed by atoms with van der Waals surface area (Å²) in [6.07, 6.45) is 6.14. The van der Waals surface area contributed by atoms with Crippen LogP contribution in [-0.4, -0.2) is 59.2 Å². The molecule has 0 aromatic carbocycles. The summed E-state index contributed by atoms with van der Waals surface area (Å²) in [6.45, 7) is 1.41. The van der Waals surface area contributed by atoms with Crippen molar-refractivity contribution in [2.24, 2.45) is 0 Å². The number of nitrogens with zero attached hydrogens (tertiary/aromatic N) is 4. The van der Waals surface area contributed by atoms with Gasteiger partial charge in [0.1, 0.15) is 6.04 Å². The fraction of sp³-hybridized carbons (Fsp3) is 0.667. The molecule has 8 nitrogen and oxygen atoms in total. The van der Waals surface area contributed by atoms with E-state index in [0.717, 1.165) is 19.1 Å². The van der Waals surface area contributed by atoms with Crippen molar-refractivity contribution in [2.45, 2.75) is 25.4 Å². The monoisotopic (exact) mass is 314 g/mol. The molecule has 3 heterocycles. The number of carbonyl (C=O) groups excluding carboxylic acids is 1. The predicted molar refractivity (Wildman–Crippen MR) is 73.4 cm³/mol. The lowest BCUT2D eigenvalue weighted by molar-refractivity contribution is -0.201. The van der Waals surface area contributed by atoms with E-state index in [-0.39, 0.29) is 19.0 Å². The Bertz CT molecular complexity index is 635. The van der Waals surface area contributed by atoms with Crippen LogP contribution in [0.2, 0.25) is 0 Å². The summed E-state index contributed by atoms with van der Waals surface area (Å²) in [5.74, 6) is -0.220. The van der Waals surface area contributed by atoms with E-state index in [9.17, 15) is 13.2 Å². The fourth-order valence-electron chi connectivity index (χ4n) is 2.65. The molecular weight excluding hydrogens is 296 g/mol. The number of hydrogen-bond acceptors (Lipinski definition) is 5.